The third kappa shape index (κ3) is 1.97. The predicted molar refractivity (Wildman–Crippen MR) is 82.1 cm³/mol. The van der Waals surface area contributed by atoms with E-state index in [2.05, 4.69) is 15.5 Å². The molecule has 0 spiro atoms. The first-order valence-electron chi connectivity index (χ1n) is 7.07. The van der Waals surface area contributed by atoms with Crippen molar-refractivity contribution in [1.82, 2.24) is 15.5 Å². The van der Waals surface area contributed by atoms with E-state index in [1.54, 1.807) is 11.0 Å². The van der Waals surface area contributed by atoms with Crippen LogP contribution in [0.1, 0.15) is 26.9 Å². The van der Waals surface area contributed by atoms with E-state index >= 15 is 0 Å². The predicted octanol–water partition coefficient (Wildman–Crippen LogP) is 1.74. The minimum Gasteiger partial charge on any atom is -0.351 e. The summed E-state index contributed by atoms with van der Waals surface area (Å²) in [5, 5.41) is 8.12. The van der Waals surface area contributed by atoms with Crippen LogP contribution in [0.15, 0.2) is 40.9 Å². The molecular formula is C16H12N4O3. The third-order valence-electron chi connectivity index (χ3n) is 3.84. The maximum absolute atomic E-state index is 12.6. The Morgan fingerprint density at radius 1 is 1.26 bits per heavy atom. The van der Waals surface area contributed by atoms with Gasteiger partial charge in [0.15, 0.2) is 5.82 Å². The summed E-state index contributed by atoms with van der Waals surface area (Å²) in [5.74, 6) is -0.406. The summed E-state index contributed by atoms with van der Waals surface area (Å²) in [5.41, 5.74) is 1.47. The number of nitrogens with zero attached hydrogens (tertiary/aromatic N) is 3. The highest BCUT2D eigenvalue weighted by Gasteiger charge is 2.30. The number of benzene rings is 2. The molecule has 1 aliphatic rings. The normalized spacial score (nSPS) is 12.9. The molecule has 2 heterocycles. The Hall–Kier alpha value is -3.22. The van der Waals surface area contributed by atoms with Crippen molar-refractivity contribution in [3.8, 4) is 0 Å². The maximum Gasteiger partial charge on any atom is 0.315 e. The lowest BCUT2D eigenvalue weighted by atomic mass is 10.1. The second-order valence-electron chi connectivity index (χ2n) is 5.17. The summed E-state index contributed by atoms with van der Waals surface area (Å²) < 4.78 is 4.90. The van der Waals surface area contributed by atoms with E-state index in [9.17, 15) is 9.59 Å². The van der Waals surface area contributed by atoms with Gasteiger partial charge in [-0.3, -0.25) is 14.5 Å². The van der Waals surface area contributed by atoms with Crippen molar-refractivity contribution in [2.45, 2.75) is 6.54 Å². The van der Waals surface area contributed by atoms with Gasteiger partial charge in [-0.15, -0.1) is 0 Å². The number of carbonyl (C=O) groups excluding carboxylic acids is 2. The van der Waals surface area contributed by atoms with Crippen molar-refractivity contribution in [2.75, 3.05) is 11.9 Å². The highest BCUT2D eigenvalue weighted by Crippen LogP contribution is 2.37. The number of hydrogen-bond acceptors (Lipinski definition) is 5. The van der Waals surface area contributed by atoms with Gasteiger partial charge < -0.3 is 9.84 Å². The standard InChI is InChI=1S/C16H12N4O3/c1-17-14(21)15-18-12(19-23-15)8-20-11-7-3-5-9-4-2-6-10(13(9)11)16(20)22/h2-7H,8H2,1H3,(H,17,21). The van der Waals surface area contributed by atoms with Gasteiger partial charge in [0, 0.05) is 18.0 Å². The van der Waals surface area contributed by atoms with Crippen LogP contribution in [0.2, 0.25) is 0 Å². The summed E-state index contributed by atoms with van der Waals surface area (Å²) in [6, 6.07) is 11.4. The Balaban J connectivity index is 1.72. The molecule has 114 valence electrons. The average molecular weight is 308 g/mol. The van der Waals surface area contributed by atoms with Crippen LogP contribution < -0.4 is 10.2 Å². The smallest absolute Gasteiger partial charge is 0.315 e. The van der Waals surface area contributed by atoms with Crippen molar-refractivity contribution >= 4 is 28.3 Å². The molecule has 2 amide bonds. The van der Waals surface area contributed by atoms with Gasteiger partial charge in [-0.1, -0.05) is 29.4 Å². The fraction of sp³-hybridized carbons (Fsp3) is 0.125. The second-order valence-corrected chi connectivity index (χ2v) is 5.17. The molecule has 1 aromatic heterocycles. The first kappa shape index (κ1) is 13.4. The quantitative estimate of drug-likeness (QED) is 0.796. The minimum atomic E-state index is -0.457. The molecule has 0 saturated heterocycles. The van der Waals surface area contributed by atoms with Crippen LogP contribution in [-0.2, 0) is 6.54 Å². The van der Waals surface area contributed by atoms with Gasteiger partial charge in [0.05, 0.1) is 12.2 Å². The molecule has 0 bridgehead atoms. The summed E-state index contributed by atoms with van der Waals surface area (Å²) in [7, 11) is 1.48. The highest BCUT2D eigenvalue weighted by atomic mass is 16.5. The molecule has 0 aliphatic carbocycles. The molecular weight excluding hydrogens is 296 g/mol. The largest absolute Gasteiger partial charge is 0.351 e. The van der Waals surface area contributed by atoms with E-state index in [0.29, 0.717) is 5.56 Å². The van der Waals surface area contributed by atoms with E-state index in [0.717, 1.165) is 16.5 Å². The van der Waals surface area contributed by atoms with E-state index in [1.165, 1.54) is 7.05 Å². The molecule has 4 rings (SSSR count). The lowest BCUT2D eigenvalue weighted by Crippen LogP contribution is -2.26. The van der Waals surface area contributed by atoms with Crippen molar-refractivity contribution < 1.29 is 14.1 Å². The SMILES string of the molecule is CNC(=O)c1nc(CN2C(=O)c3cccc4cccc2c34)no1. The third-order valence-corrected chi connectivity index (χ3v) is 3.84. The zero-order chi connectivity index (χ0) is 16.0. The molecule has 0 unspecified atom stereocenters. The number of carbonyl (C=O) groups is 2. The van der Waals surface area contributed by atoms with Crippen molar-refractivity contribution in [2.24, 2.45) is 0 Å². The van der Waals surface area contributed by atoms with Crippen molar-refractivity contribution in [1.29, 1.82) is 0 Å². The number of nitrogens with one attached hydrogen (secondary N) is 1. The summed E-state index contributed by atoms with van der Waals surface area (Å²) in [6.45, 7) is 0.146. The molecule has 1 N–H and O–H groups in total. The Morgan fingerprint density at radius 2 is 2.04 bits per heavy atom. The molecule has 0 radical (unpaired) electrons. The van der Waals surface area contributed by atoms with Gasteiger partial charge in [-0.05, 0) is 17.5 Å². The Morgan fingerprint density at radius 3 is 2.83 bits per heavy atom. The van der Waals surface area contributed by atoms with Crippen LogP contribution in [0.4, 0.5) is 5.69 Å². The molecule has 0 fully saturated rings. The van der Waals surface area contributed by atoms with Crippen LogP contribution in [-0.4, -0.2) is 29.0 Å². The molecule has 1 aliphatic heterocycles. The van der Waals surface area contributed by atoms with Gasteiger partial charge >= 0.3 is 11.8 Å². The van der Waals surface area contributed by atoms with Crippen LogP contribution in [0.3, 0.4) is 0 Å². The first-order valence-corrected chi connectivity index (χ1v) is 7.07. The van der Waals surface area contributed by atoms with Crippen LogP contribution in [0.5, 0.6) is 0 Å². The van der Waals surface area contributed by atoms with E-state index in [4.69, 9.17) is 4.52 Å². The fourth-order valence-corrected chi connectivity index (χ4v) is 2.79. The Labute approximate surface area is 130 Å². The zero-order valence-corrected chi connectivity index (χ0v) is 12.2. The molecule has 23 heavy (non-hydrogen) atoms. The maximum atomic E-state index is 12.6. The van der Waals surface area contributed by atoms with Crippen LogP contribution >= 0.6 is 0 Å². The summed E-state index contributed by atoms with van der Waals surface area (Å²) in [6.07, 6.45) is 0. The lowest BCUT2D eigenvalue weighted by molar-refractivity contribution is 0.0918. The van der Waals surface area contributed by atoms with E-state index in [-0.39, 0.29) is 24.2 Å². The number of rotatable bonds is 3. The highest BCUT2D eigenvalue weighted by molar-refractivity contribution is 6.24. The number of aromatic nitrogens is 2. The molecule has 2 aromatic carbocycles. The minimum absolute atomic E-state index is 0.108. The molecule has 7 nitrogen and oxygen atoms in total. The zero-order valence-electron chi connectivity index (χ0n) is 12.2. The topological polar surface area (TPSA) is 88.3 Å². The van der Waals surface area contributed by atoms with Gasteiger partial charge in [-0.2, -0.15) is 4.98 Å². The molecule has 3 aromatic rings. The van der Waals surface area contributed by atoms with Gasteiger partial charge in [0.2, 0.25) is 0 Å². The van der Waals surface area contributed by atoms with Gasteiger partial charge in [-0.25, -0.2) is 0 Å². The van der Waals surface area contributed by atoms with Crippen LogP contribution in [0, 0.1) is 0 Å². The fourth-order valence-electron chi connectivity index (χ4n) is 2.79. The Bertz CT molecular complexity index is 942. The van der Waals surface area contributed by atoms with Crippen molar-refractivity contribution in [3.05, 3.63) is 53.7 Å². The molecule has 0 saturated carbocycles. The van der Waals surface area contributed by atoms with Crippen molar-refractivity contribution in [3.63, 3.8) is 0 Å². The summed E-state index contributed by atoms with van der Waals surface area (Å²) in [4.78, 5) is 29.7. The van der Waals surface area contributed by atoms with Gasteiger partial charge in [0.25, 0.3) is 5.91 Å². The Kier molecular flexibility index (Phi) is 2.87. The number of hydrogen-bond donors (Lipinski definition) is 1. The number of anilines is 1. The second kappa shape index (κ2) is 4.91. The number of amides is 2. The van der Waals surface area contributed by atoms with E-state index in [1.807, 2.05) is 30.3 Å². The first-order chi connectivity index (χ1) is 11.2. The molecule has 0 atom stereocenters. The van der Waals surface area contributed by atoms with E-state index < -0.39 is 5.91 Å². The molecule has 7 heteroatoms. The summed E-state index contributed by atoms with van der Waals surface area (Å²) >= 11 is 0. The average Bonchev–Trinajstić information content (AvgIpc) is 3.15. The monoisotopic (exact) mass is 308 g/mol. The lowest BCUT2D eigenvalue weighted by Gasteiger charge is -2.15. The van der Waals surface area contributed by atoms with Crippen LogP contribution in [0.25, 0.3) is 10.8 Å². The van der Waals surface area contributed by atoms with Gasteiger partial charge in [0.1, 0.15) is 0 Å².